The number of anilines is 2. The Kier molecular flexibility index (Phi) is 10.5. The number of para-hydroxylation sites is 2. The van der Waals surface area contributed by atoms with E-state index in [0.29, 0.717) is 23.7 Å². The van der Waals surface area contributed by atoms with Gasteiger partial charge in [0.1, 0.15) is 11.8 Å². The first-order chi connectivity index (χ1) is 18.8. The zero-order chi connectivity index (χ0) is 28.1. The second-order valence-electron chi connectivity index (χ2n) is 9.59. The summed E-state index contributed by atoms with van der Waals surface area (Å²) in [4.78, 5) is 42.3. The number of ether oxygens (including phenoxy) is 1. The van der Waals surface area contributed by atoms with Crippen molar-refractivity contribution in [1.29, 1.82) is 0 Å². The van der Waals surface area contributed by atoms with E-state index >= 15 is 0 Å². The van der Waals surface area contributed by atoms with Crippen LogP contribution in [0, 0.1) is 0 Å². The SMILES string of the molecule is CN[C@@H](C)CN[C@H]1CN(C(=O)CCN)c2ccccc2N(Cc2c(OC)ccc3cc(C(=O)O)ccc23)C1=O.Cl. The molecular formula is C29H36ClN5O5. The van der Waals surface area contributed by atoms with Gasteiger partial charge >= 0.3 is 5.97 Å². The van der Waals surface area contributed by atoms with Gasteiger partial charge in [0.15, 0.2) is 0 Å². The van der Waals surface area contributed by atoms with Crippen molar-refractivity contribution in [1.82, 2.24) is 10.6 Å². The number of halogens is 1. The van der Waals surface area contributed by atoms with E-state index < -0.39 is 12.0 Å². The molecule has 0 fully saturated rings. The van der Waals surface area contributed by atoms with Gasteiger partial charge in [-0.15, -0.1) is 12.4 Å². The van der Waals surface area contributed by atoms with Crippen molar-refractivity contribution < 1.29 is 24.2 Å². The molecule has 0 unspecified atom stereocenters. The number of nitrogens with two attached hydrogens (primary N) is 1. The Morgan fingerprint density at radius 1 is 1.15 bits per heavy atom. The van der Waals surface area contributed by atoms with Crippen molar-refractivity contribution in [2.45, 2.75) is 32.0 Å². The number of hydrogen-bond donors (Lipinski definition) is 4. The number of aromatic carboxylic acids is 1. The van der Waals surface area contributed by atoms with Gasteiger partial charge in [0.25, 0.3) is 0 Å². The van der Waals surface area contributed by atoms with E-state index in [-0.39, 0.29) is 61.9 Å². The highest BCUT2D eigenvalue weighted by Crippen LogP contribution is 2.37. The molecule has 0 saturated carbocycles. The number of nitrogens with one attached hydrogen (secondary N) is 2. The normalized spacial score (nSPS) is 15.7. The molecule has 4 rings (SSSR count). The second kappa shape index (κ2) is 13.6. The molecule has 10 nitrogen and oxygen atoms in total. The van der Waals surface area contributed by atoms with Gasteiger partial charge in [0.2, 0.25) is 11.8 Å². The number of likely N-dealkylation sites (N-methyl/N-ethyl adjacent to an activating group) is 1. The third-order valence-electron chi connectivity index (χ3n) is 7.09. The molecule has 0 bridgehead atoms. The molecule has 1 heterocycles. The quantitative estimate of drug-likeness (QED) is 0.292. The number of amides is 2. The number of fused-ring (bicyclic) bond motifs is 2. The Bertz CT molecular complexity index is 1380. The van der Waals surface area contributed by atoms with Gasteiger partial charge < -0.3 is 36.0 Å². The molecule has 40 heavy (non-hydrogen) atoms. The molecule has 0 saturated heterocycles. The molecule has 11 heteroatoms. The average Bonchev–Trinajstić information content (AvgIpc) is 3.06. The number of carbonyl (C=O) groups excluding carboxylic acids is 2. The number of carboxylic acids is 1. The highest BCUT2D eigenvalue weighted by molar-refractivity contribution is 6.07. The number of carbonyl (C=O) groups is 3. The van der Waals surface area contributed by atoms with Crippen LogP contribution in [0.4, 0.5) is 11.4 Å². The Morgan fingerprint density at radius 2 is 1.88 bits per heavy atom. The summed E-state index contributed by atoms with van der Waals surface area (Å²) in [5.74, 6) is -0.783. The lowest BCUT2D eigenvalue weighted by Gasteiger charge is -2.27. The Morgan fingerprint density at radius 3 is 2.52 bits per heavy atom. The van der Waals surface area contributed by atoms with Gasteiger partial charge in [0.05, 0.1) is 37.1 Å². The lowest BCUT2D eigenvalue weighted by atomic mass is 10.00. The van der Waals surface area contributed by atoms with Crippen molar-refractivity contribution >= 4 is 52.3 Å². The smallest absolute Gasteiger partial charge is 0.335 e. The van der Waals surface area contributed by atoms with E-state index in [9.17, 15) is 19.5 Å². The fraction of sp³-hybridized carbons (Fsp3) is 0.345. The van der Waals surface area contributed by atoms with Crippen molar-refractivity contribution in [2.24, 2.45) is 5.73 Å². The lowest BCUT2D eigenvalue weighted by Crippen LogP contribution is -2.53. The van der Waals surface area contributed by atoms with E-state index in [4.69, 9.17) is 10.5 Å². The molecule has 1 aliphatic heterocycles. The topological polar surface area (TPSA) is 137 Å². The molecule has 5 N–H and O–H groups in total. The molecule has 1 aliphatic rings. The molecule has 0 aliphatic carbocycles. The first-order valence-corrected chi connectivity index (χ1v) is 12.9. The van der Waals surface area contributed by atoms with Gasteiger partial charge in [-0.05, 0) is 55.1 Å². The maximum Gasteiger partial charge on any atom is 0.335 e. The van der Waals surface area contributed by atoms with Crippen LogP contribution >= 0.6 is 12.4 Å². The van der Waals surface area contributed by atoms with E-state index in [1.165, 1.54) is 0 Å². The number of carboxylic acid groups (broad SMARTS) is 1. The summed E-state index contributed by atoms with van der Waals surface area (Å²) >= 11 is 0. The minimum absolute atomic E-state index is 0. The van der Waals surface area contributed by atoms with Crippen molar-refractivity contribution in [3.05, 3.63) is 65.7 Å². The summed E-state index contributed by atoms with van der Waals surface area (Å²) in [7, 11) is 3.41. The Balaban J connectivity index is 0.00000441. The first-order valence-electron chi connectivity index (χ1n) is 12.9. The summed E-state index contributed by atoms with van der Waals surface area (Å²) in [6.45, 7) is 3.04. The third kappa shape index (κ3) is 6.37. The summed E-state index contributed by atoms with van der Waals surface area (Å²) < 4.78 is 5.68. The number of hydrogen-bond acceptors (Lipinski definition) is 7. The van der Waals surface area contributed by atoms with Crippen LogP contribution in [0.5, 0.6) is 5.75 Å². The molecule has 0 radical (unpaired) electrons. The first kappa shape index (κ1) is 30.8. The van der Waals surface area contributed by atoms with E-state index in [1.807, 2.05) is 38.2 Å². The Labute approximate surface area is 239 Å². The number of benzene rings is 3. The van der Waals surface area contributed by atoms with Crippen LogP contribution < -0.4 is 30.9 Å². The molecular weight excluding hydrogens is 534 g/mol. The monoisotopic (exact) mass is 569 g/mol. The molecule has 2 atom stereocenters. The number of nitrogens with zero attached hydrogens (tertiary/aromatic N) is 2. The average molecular weight is 570 g/mol. The zero-order valence-electron chi connectivity index (χ0n) is 22.8. The molecule has 3 aromatic carbocycles. The fourth-order valence-electron chi connectivity index (χ4n) is 4.84. The maximum absolute atomic E-state index is 14.2. The molecule has 0 aromatic heterocycles. The fourth-order valence-corrected chi connectivity index (χ4v) is 4.84. The summed E-state index contributed by atoms with van der Waals surface area (Å²) in [6, 6.07) is 15.2. The minimum Gasteiger partial charge on any atom is -0.496 e. The van der Waals surface area contributed by atoms with Crippen molar-refractivity contribution in [2.75, 3.05) is 43.6 Å². The van der Waals surface area contributed by atoms with Crippen LogP contribution in [0.1, 0.15) is 29.3 Å². The van der Waals surface area contributed by atoms with Crippen LogP contribution in [-0.4, -0.2) is 68.8 Å². The lowest BCUT2D eigenvalue weighted by molar-refractivity contribution is -0.120. The zero-order valence-corrected chi connectivity index (χ0v) is 23.7. The van der Waals surface area contributed by atoms with Crippen LogP contribution in [0.2, 0.25) is 0 Å². The number of methoxy groups -OCH3 is 1. The van der Waals surface area contributed by atoms with Crippen LogP contribution in [0.15, 0.2) is 54.6 Å². The molecule has 214 valence electrons. The van der Waals surface area contributed by atoms with E-state index in [2.05, 4.69) is 10.6 Å². The molecule has 0 spiro atoms. The van der Waals surface area contributed by atoms with Gasteiger partial charge in [-0.1, -0.05) is 24.3 Å². The highest BCUT2D eigenvalue weighted by Gasteiger charge is 2.36. The maximum atomic E-state index is 14.2. The molecule has 2 amide bonds. The highest BCUT2D eigenvalue weighted by atomic mass is 35.5. The standard InChI is InChI=1S/C29H35N5O5.ClH/c1-18(31-2)15-32-23-17-33(27(35)12-13-30)24-6-4-5-7-25(24)34(28(23)36)16-22-21-10-8-20(29(37)38)14-19(21)9-11-26(22)39-3;/h4-11,14,18,23,31-32H,12-13,15-17,30H2,1-3H3,(H,37,38);1H/t18-,23-;/m0./s1. The predicted octanol–water partition coefficient (Wildman–Crippen LogP) is 2.76. The third-order valence-corrected chi connectivity index (χ3v) is 7.09. The Hall–Kier alpha value is -3.70. The van der Waals surface area contributed by atoms with Gasteiger partial charge in [0, 0.05) is 31.1 Å². The summed E-state index contributed by atoms with van der Waals surface area (Å²) in [6.07, 6.45) is 0.158. The van der Waals surface area contributed by atoms with Gasteiger partial charge in [-0.2, -0.15) is 0 Å². The molecule has 3 aromatic rings. The largest absolute Gasteiger partial charge is 0.496 e. The number of rotatable bonds is 10. The van der Waals surface area contributed by atoms with Crippen LogP contribution in [0.3, 0.4) is 0 Å². The minimum atomic E-state index is -1.02. The predicted molar refractivity (Wildman–Crippen MR) is 159 cm³/mol. The van der Waals surface area contributed by atoms with Gasteiger partial charge in [-0.25, -0.2) is 4.79 Å². The second-order valence-corrected chi connectivity index (χ2v) is 9.59. The summed E-state index contributed by atoms with van der Waals surface area (Å²) in [5.41, 5.74) is 7.85. The summed E-state index contributed by atoms with van der Waals surface area (Å²) in [5, 5.41) is 17.5. The van der Waals surface area contributed by atoms with Gasteiger partial charge in [-0.3, -0.25) is 9.59 Å². The van der Waals surface area contributed by atoms with Crippen molar-refractivity contribution in [3.63, 3.8) is 0 Å². The van der Waals surface area contributed by atoms with Crippen LogP contribution in [0.25, 0.3) is 10.8 Å². The van der Waals surface area contributed by atoms with E-state index in [0.717, 1.165) is 16.3 Å². The van der Waals surface area contributed by atoms with Crippen LogP contribution in [-0.2, 0) is 16.1 Å². The van der Waals surface area contributed by atoms with E-state index in [1.54, 1.807) is 47.2 Å². The van der Waals surface area contributed by atoms with Crippen molar-refractivity contribution in [3.8, 4) is 5.75 Å².